The van der Waals surface area contributed by atoms with Crippen molar-refractivity contribution < 1.29 is 0 Å². The van der Waals surface area contributed by atoms with Gasteiger partial charge in [0.1, 0.15) is 0 Å². The van der Waals surface area contributed by atoms with Crippen LogP contribution < -0.4 is 5.32 Å². The summed E-state index contributed by atoms with van der Waals surface area (Å²) in [6.45, 7) is 2.99. The molecule has 0 aliphatic rings. The summed E-state index contributed by atoms with van der Waals surface area (Å²) in [6, 6.07) is 8.37. The van der Waals surface area contributed by atoms with Gasteiger partial charge >= 0.3 is 0 Å². The molecule has 0 spiro atoms. The van der Waals surface area contributed by atoms with Crippen LogP contribution in [0.3, 0.4) is 0 Å². The van der Waals surface area contributed by atoms with Crippen molar-refractivity contribution in [1.29, 1.82) is 0 Å². The zero-order chi connectivity index (χ0) is 13.0. The number of aryl methyl sites for hydroxylation is 1. The second kappa shape index (κ2) is 5.98. The molecule has 0 aliphatic heterocycles. The number of hydrogen-bond donors (Lipinski definition) is 1. The normalized spacial score (nSPS) is 11.6. The second-order valence-corrected chi connectivity index (χ2v) is 4.92. The molecule has 1 heterocycles. The van der Waals surface area contributed by atoms with E-state index in [1.54, 1.807) is 0 Å². The molecule has 0 unspecified atom stereocenters. The Kier molecular flexibility index (Phi) is 4.33. The second-order valence-electron chi connectivity index (χ2n) is 4.92. The molecular weight excluding hydrogens is 224 g/mol. The average Bonchev–Trinajstić information content (AvgIpc) is 2.66. The first-order valence-corrected chi connectivity index (χ1v) is 6.44. The molecule has 4 heteroatoms. The van der Waals surface area contributed by atoms with E-state index < -0.39 is 0 Å². The quantitative estimate of drug-likeness (QED) is 0.786. The lowest BCUT2D eigenvalue weighted by molar-refractivity contribution is 0.394. The predicted molar refractivity (Wildman–Crippen MR) is 75.6 cm³/mol. The van der Waals surface area contributed by atoms with E-state index in [2.05, 4.69) is 53.7 Å². The summed E-state index contributed by atoms with van der Waals surface area (Å²) in [7, 11) is 6.20. The van der Waals surface area contributed by atoms with Gasteiger partial charge in [0, 0.05) is 19.0 Å². The van der Waals surface area contributed by atoms with E-state index >= 15 is 0 Å². The summed E-state index contributed by atoms with van der Waals surface area (Å²) in [6.07, 6.45) is 1.16. The molecule has 0 aliphatic carbocycles. The third-order valence-corrected chi connectivity index (χ3v) is 3.09. The number of rotatable bonds is 6. The van der Waals surface area contributed by atoms with Crippen molar-refractivity contribution in [3.8, 4) is 0 Å². The Bertz CT molecular complexity index is 501. The van der Waals surface area contributed by atoms with Crippen molar-refractivity contribution in [2.24, 2.45) is 7.05 Å². The van der Waals surface area contributed by atoms with Crippen LogP contribution in [0, 0.1) is 0 Å². The number of fused-ring (bicyclic) bond motifs is 1. The molecule has 0 amide bonds. The van der Waals surface area contributed by atoms with E-state index in [-0.39, 0.29) is 0 Å². The van der Waals surface area contributed by atoms with Crippen LogP contribution >= 0.6 is 0 Å². The third kappa shape index (κ3) is 3.09. The number of benzene rings is 1. The zero-order valence-corrected chi connectivity index (χ0v) is 11.5. The van der Waals surface area contributed by atoms with Crippen molar-refractivity contribution >= 4 is 10.9 Å². The average molecular weight is 246 g/mol. The smallest absolute Gasteiger partial charge is 0.0841 e. The molecule has 1 N–H and O–H groups in total. The first kappa shape index (κ1) is 13.1. The zero-order valence-electron chi connectivity index (χ0n) is 11.5. The van der Waals surface area contributed by atoms with Gasteiger partial charge in [-0.15, -0.1) is 0 Å². The van der Waals surface area contributed by atoms with Crippen LogP contribution in [-0.2, 0) is 13.6 Å². The Balaban J connectivity index is 1.92. The minimum atomic E-state index is 0.842. The summed E-state index contributed by atoms with van der Waals surface area (Å²) < 4.78 is 1.95. The molecule has 0 saturated heterocycles. The van der Waals surface area contributed by atoms with Crippen molar-refractivity contribution in [1.82, 2.24) is 20.0 Å². The van der Waals surface area contributed by atoms with Gasteiger partial charge < -0.3 is 10.2 Å². The molecule has 0 fully saturated rings. The topological polar surface area (TPSA) is 33.1 Å². The fraction of sp³-hybridized carbons (Fsp3) is 0.500. The predicted octanol–water partition coefficient (Wildman–Crippen LogP) is 1.61. The van der Waals surface area contributed by atoms with Crippen LogP contribution in [-0.4, -0.2) is 41.9 Å². The lowest BCUT2D eigenvalue weighted by atomic mass is 10.2. The molecule has 0 radical (unpaired) electrons. The molecule has 0 atom stereocenters. The van der Waals surface area contributed by atoms with Gasteiger partial charge in [0.2, 0.25) is 0 Å². The largest absolute Gasteiger partial charge is 0.311 e. The molecule has 98 valence electrons. The highest BCUT2D eigenvalue weighted by Gasteiger charge is 2.06. The lowest BCUT2D eigenvalue weighted by Gasteiger charge is -2.09. The number of para-hydroxylation sites is 1. The fourth-order valence-electron chi connectivity index (χ4n) is 2.15. The van der Waals surface area contributed by atoms with Crippen LogP contribution in [0.5, 0.6) is 0 Å². The van der Waals surface area contributed by atoms with Crippen molar-refractivity contribution in [3.63, 3.8) is 0 Å². The Morgan fingerprint density at radius 1 is 1.28 bits per heavy atom. The standard InChI is InChI=1S/C14H22N4/c1-17(2)10-6-9-15-11-13-12-7-4-5-8-14(12)18(3)16-13/h4-5,7-8,15H,6,9-11H2,1-3H3. The van der Waals surface area contributed by atoms with Crippen LogP contribution in [0.4, 0.5) is 0 Å². The van der Waals surface area contributed by atoms with Crippen LogP contribution in [0.2, 0.25) is 0 Å². The first-order chi connectivity index (χ1) is 8.68. The van der Waals surface area contributed by atoms with Gasteiger partial charge in [0.25, 0.3) is 0 Å². The molecule has 18 heavy (non-hydrogen) atoms. The van der Waals surface area contributed by atoms with E-state index in [0.717, 1.165) is 31.7 Å². The molecule has 2 aromatic rings. The van der Waals surface area contributed by atoms with E-state index in [0.29, 0.717) is 0 Å². The molecule has 0 bridgehead atoms. The van der Waals surface area contributed by atoms with Gasteiger partial charge in [-0.2, -0.15) is 5.10 Å². The summed E-state index contributed by atoms with van der Waals surface area (Å²) in [5, 5.41) is 9.28. The Morgan fingerprint density at radius 3 is 2.83 bits per heavy atom. The van der Waals surface area contributed by atoms with Gasteiger partial charge in [-0.3, -0.25) is 4.68 Å². The number of nitrogens with zero attached hydrogens (tertiary/aromatic N) is 3. The van der Waals surface area contributed by atoms with Gasteiger partial charge in [-0.05, 0) is 39.7 Å². The molecule has 4 nitrogen and oxygen atoms in total. The molecule has 2 rings (SSSR count). The monoisotopic (exact) mass is 246 g/mol. The number of nitrogens with one attached hydrogen (secondary N) is 1. The summed E-state index contributed by atoms with van der Waals surface area (Å²) in [5.41, 5.74) is 2.33. The SMILES string of the molecule is CN(C)CCCNCc1nn(C)c2ccccc12. The lowest BCUT2D eigenvalue weighted by Crippen LogP contribution is -2.21. The maximum atomic E-state index is 4.57. The van der Waals surface area contributed by atoms with Gasteiger partial charge in [0.05, 0.1) is 11.2 Å². The van der Waals surface area contributed by atoms with Crippen LogP contribution in [0.25, 0.3) is 10.9 Å². The Morgan fingerprint density at radius 2 is 2.06 bits per heavy atom. The van der Waals surface area contributed by atoms with E-state index in [4.69, 9.17) is 0 Å². The van der Waals surface area contributed by atoms with E-state index in [1.165, 1.54) is 10.9 Å². The summed E-state index contributed by atoms with van der Waals surface area (Å²) in [5.74, 6) is 0. The highest BCUT2D eigenvalue weighted by Crippen LogP contribution is 2.16. The molecule has 1 aromatic carbocycles. The van der Waals surface area contributed by atoms with Gasteiger partial charge in [-0.25, -0.2) is 0 Å². The van der Waals surface area contributed by atoms with Crippen LogP contribution in [0.1, 0.15) is 12.1 Å². The Labute approximate surface area is 109 Å². The number of hydrogen-bond acceptors (Lipinski definition) is 3. The molecular formula is C14H22N4. The minimum Gasteiger partial charge on any atom is -0.311 e. The van der Waals surface area contributed by atoms with Gasteiger partial charge in [0.15, 0.2) is 0 Å². The highest BCUT2D eigenvalue weighted by molar-refractivity contribution is 5.81. The maximum Gasteiger partial charge on any atom is 0.0841 e. The Hall–Kier alpha value is -1.39. The molecule has 0 saturated carbocycles. The molecule has 1 aromatic heterocycles. The van der Waals surface area contributed by atoms with Crippen molar-refractivity contribution in [2.45, 2.75) is 13.0 Å². The third-order valence-electron chi connectivity index (χ3n) is 3.09. The summed E-state index contributed by atoms with van der Waals surface area (Å²) >= 11 is 0. The maximum absolute atomic E-state index is 4.57. The van der Waals surface area contributed by atoms with Crippen molar-refractivity contribution in [2.75, 3.05) is 27.2 Å². The van der Waals surface area contributed by atoms with Gasteiger partial charge in [-0.1, -0.05) is 18.2 Å². The van der Waals surface area contributed by atoms with Crippen LogP contribution in [0.15, 0.2) is 24.3 Å². The fourth-order valence-corrected chi connectivity index (χ4v) is 2.15. The highest BCUT2D eigenvalue weighted by atomic mass is 15.3. The first-order valence-electron chi connectivity index (χ1n) is 6.44. The minimum absolute atomic E-state index is 0.842. The van der Waals surface area contributed by atoms with E-state index in [1.807, 2.05) is 11.7 Å². The summed E-state index contributed by atoms with van der Waals surface area (Å²) in [4.78, 5) is 2.21. The van der Waals surface area contributed by atoms with E-state index in [9.17, 15) is 0 Å². The number of aromatic nitrogens is 2. The van der Waals surface area contributed by atoms with Crippen molar-refractivity contribution in [3.05, 3.63) is 30.0 Å².